The summed E-state index contributed by atoms with van der Waals surface area (Å²) in [5, 5.41) is 6.26. The molecular weight excluding hydrogens is 438 g/mol. The summed E-state index contributed by atoms with van der Waals surface area (Å²) in [6.07, 6.45) is 2.04. The first kappa shape index (κ1) is 24.8. The lowest BCUT2D eigenvalue weighted by Crippen LogP contribution is -2.55. The maximum atomic E-state index is 13.1. The zero-order valence-electron chi connectivity index (χ0n) is 19.4. The van der Waals surface area contributed by atoms with Gasteiger partial charge in [0.1, 0.15) is 6.04 Å². The fourth-order valence-corrected chi connectivity index (χ4v) is 4.34. The molecule has 1 heterocycles. The van der Waals surface area contributed by atoms with E-state index in [0.717, 1.165) is 12.0 Å². The number of likely N-dealkylation sites (tertiary alicyclic amines) is 1. The molecule has 1 aliphatic heterocycles. The molecule has 33 heavy (non-hydrogen) atoms. The molecule has 1 saturated heterocycles. The maximum absolute atomic E-state index is 13.1. The van der Waals surface area contributed by atoms with Crippen LogP contribution in [-0.4, -0.2) is 47.8 Å². The van der Waals surface area contributed by atoms with E-state index in [0.29, 0.717) is 42.1 Å². The Morgan fingerprint density at radius 1 is 1.00 bits per heavy atom. The molecule has 6 nitrogen and oxygen atoms in total. The Kier molecular flexibility index (Phi) is 8.50. The zero-order valence-corrected chi connectivity index (χ0v) is 20.2. The second-order valence-electron chi connectivity index (χ2n) is 8.69. The summed E-state index contributed by atoms with van der Waals surface area (Å²) in [6.45, 7) is 6.94. The van der Waals surface area contributed by atoms with E-state index >= 15 is 0 Å². The highest BCUT2D eigenvalue weighted by Crippen LogP contribution is 2.24. The number of benzene rings is 2. The van der Waals surface area contributed by atoms with E-state index in [-0.39, 0.29) is 29.7 Å². The molecule has 0 saturated carbocycles. The van der Waals surface area contributed by atoms with Crippen LogP contribution in [0.4, 0.5) is 0 Å². The first-order chi connectivity index (χ1) is 15.8. The third-order valence-corrected chi connectivity index (χ3v) is 6.69. The normalized spacial score (nSPS) is 16.1. The monoisotopic (exact) mass is 469 g/mol. The fraction of sp³-hybridized carbons (Fsp3) is 0.423. The molecule has 2 aromatic rings. The third-order valence-electron chi connectivity index (χ3n) is 6.36. The quantitative estimate of drug-likeness (QED) is 0.637. The van der Waals surface area contributed by atoms with Gasteiger partial charge in [-0.1, -0.05) is 48.9 Å². The zero-order chi connectivity index (χ0) is 24.0. The molecule has 7 heteroatoms. The molecule has 2 aromatic carbocycles. The van der Waals surface area contributed by atoms with Crippen molar-refractivity contribution in [3.05, 3.63) is 70.2 Å². The summed E-state index contributed by atoms with van der Waals surface area (Å²) in [5.41, 5.74) is 1.99. The van der Waals surface area contributed by atoms with Crippen molar-refractivity contribution in [2.75, 3.05) is 13.1 Å². The number of hydrogen-bond donors (Lipinski definition) is 2. The number of nitrogens with zero attached hydrogens (tertiary/aromatic N) is 1. The summed E-state index contributed by atoms with van der Waals surface area (Å²) in [6, 6.07) is 13.7. The maximum Gasteiger partial charge on any atom is 0.254 e. The van der Waals surface area contributed by atoms with Crippen LogP contribution in [0.2, 0.25) is 5.02 Å². The van der Waals surface area contributed by atoms with E-state index in [1.54, 1.807) is 24.3 Å². The van der Waals surface area contributed by atoms with Gasteiger partial charge in [-0.15, -0.1) is 0 Å². The number of aryl methyl sites for hydroxylation is 1. The van der Waals surface area contributed by atoms with Crippen LogP contribution in [-0.2, 0) is 4.79 Å². The smallest absolute Gasteiger partial charge is 0.254 e. The minimum Gasteiger partial charge on any atom is -0.352 e. The standard InChI is InChI=1S/C26H32ClN3O3/c1-4-18(3)28-25(32)23(29-24(31)21-11-7-8-12-22(21)27)19-13-15-30(16-14-19)26(33)20-10-6-5-9-17(20)2/h5-12,18-19,23H,4,13-16H2,1-3H3,(H,28,32)(H,29,31)/t18-,23-/m1/s1. The van der Waals surface area contributed by atoms with Crippen molar-refractivity contribution in [1.82, 2.24) is 15.5 Å². The van der Waals surface area contributed by atoms with Gasteiger partial charge >= 0.3 is 0 Å². The average Bonchev–Trinajstić information content (AvgIpc) is 2.82. The van der Waals surface area contributed by atoms with Crippen LogP contribution in [0.25, 0.3) is 0 Å². The first-order valence-electron chi connectivity index (χ1n) is 11.5. The third kappa shape index (κ3) is 6.14. The average molecular weight is 470 g/mol. The van der Waals surface area contributed by atoms with Gasteiger partial charge in [-0.25, -0.2) is 0 Å². The van der Waals surface area contributed by atoms with Gasteiger partial charge < -0.3 is 15.5 Å². The molecule has 2 N–H and O–H groups in total. The lowest BCUT2D eigenvalue weighted by atomic mass is 9.88. The number of hydrogen-bond acceptors (Lipinski definition) is 3. The number of nitrogens with one attached hydrogen (secondary N) is 2. The number of carbonyl (C=O) groups is 3. The molecule has 0 spiro atoms. The number of amides is 3. The van der Waals surface area contributed by atoms with Gasteiger partial charge in [0, 0.05) is 24.7 Å². The van der Waals surface area contributed by atoms with Crippen molar-refractivity contribution in [3.8, 4) is 0 Å². The van der Waals surface area contributed by atoms with Crippen LogP contribution in [0.15, 0.2) is 48.5 Å². The molecule has 3 rings (SSSR count). The summed E-state index contributed by atoms with van der Waals surface area (Å²) in [7, 11) is 0. The Morgan fingerprint density at radius 2 is 1.61 bits per heavy atom. The predicted octanol–water partition coefficient (Wildman–Crippen LogP) is 4.21. The molecular formula is C26H32ClN3O3. The van der Waals surface area contributed by atoms with E-state index in [2.05, 4.69) is 10.6 Å². The van der Waals surface area contributed by atoms with E-state index in [9.17, 15) is 14.4 Å². The Morgan fingerprint density at radius 3 is 2.21 bits per heavy atom. The largest absolute Gasteiger partial charge is 0.352 e. The Labute approximate surface area is 200 Å². The lowest BCUT2D eigenvalue weighted by Gasteiger charge is -2.36. The minimum atomic E-state index is -0.696. The van der Waals surface area contributed by atoms with Crippen molar-refractivity contribution >= 4 is 29.3 Å². The second kappa shape index (κ2) is 11.3. The van der Waals surface area contributed by atoms with Gasteiger partial charge in [0.15, 0.2) is 0 Å². The molecule has 1 aliphatic rings. The van der Waals surface area contributed by atoms with Crippen molar-refractivity contribution in [2.45, 2.75) is 52.1 Å². The summed E-state index contributed by atoms with van der Waals surface area (Å²) >= 11 is 6.19. The fourth-order valence-electron chi connectivity index (χ4n) is 4.12. The highest BCUT2D eigenvalue weighted by Gasteiger charge is 2.35. The Bertz CT molecular complexity index is 1000. The molecule has 3 amide bonds. The summed E-state index contributed by atoms with van der Waals surface area (Å²) in [5.74, 6) is -0.648. The van der Waals surface area contributed by atoms with Crippen molar-refractivity contribution in [3.63, 3.8) is 0 Å². The number of halogens is 1. The van der Waals surface area contributed by atoms with Crippen molar-refractivity contribution < 1.29 is 14.4 Å². The second-order valence-corrected chi connectivity index (χ2v) is 9.10. The van der Waals surface area contributed by atoms with Crippen LogP contribution >= 0.6 is 11.6 Å². The molecule has 0 aliphatic carbocycles. The van der Waals surface area contributed by atoms with E-state index in [1.165, 1.54) is 0 Å². The van der Waals surface area contributed by atoms with Gasteiger partial charge in [-0.3, -0.25) is 14.4 Å². The molecule has 0 unspecified atom stereocenters. The van der Waals surface area contributed by atoms with E-state index in [4.69, 9.17) is 11.6 Å². The molecule has 1 fully saturated rings. The van der Waals surface area contributed by atoms with Crippen molar-refractivity contribution in [1.29, 1.82) is 0 Å². The highest BCUT2D eigenvalue weighted by molar-refractivity contribution is 6.33. The number of carbonyl (C=O) groups excluding carboxylic acids is 3. The molecule has 0 radical (unpaired) electrons. The molecule has 0 bridgehead atoms. The SMILES string of the molecule is CC[C@@H](C)NC(=O)[C@H](NC(=O)c1ccccc1Cl)C1CCN(C(=O)c2ccccc2C)CC1. The van der Waals surface area contributed by atoms with Crippen LogP contribution in [0.3, 0.4) is 0 Å². The molecule has 176 valence electrons. The van der Waals surface area contributed by atoms with E-state index < -0.39 is 6.04 Å². The Hall–Kier alpha value is -2.86. The van der Waals surface area contributed by atoms with Crippen LogP contribution in [0, 0.1) is 12.8 Å². The highest BCUT2D eigenvalue weighted by atomic mass is 35.5. The van der Waals surface area contributed by atoms with Gasteiger partial charge in [0.25, 0.3) is 11.8 Å². The lowest BCUT2D eigenvalue weighted by molar-refractivity contribution is -0.125. The Balaban J connectivity index is 1.72. The first-order valence-corrected chi connectivity index (χ1v) is 11.9. The van der Waals surface area contributed by atoms with Crippen LogP contribution < -0.4 is 10.6 Å². The van der Waals surface area contributed by atoms with E-state index in [1.807, 2.05) is 49.9 Å². The summed E-state index contributed by atoms with van der Waals surface area (Å²) in [4.78, 5) is 40.8. The van der Waals surface area contributed by atoms with Gasteiger partial charge in [-0.2, -0.15) is 0 Å². The minimum absolute atomic E-state index is 0.0000575. The van der Waals surface area contributed by atoms with Gasteiger partial charge in [0.2, 0.25) is 5.91 Å². The van der Waals surface area contributed by atoms with Crippen LogP contribution in [0.5, 0.6) is 0 Å². The predicted molar refractivity (Wildman–Crippen MR) is 130 cm³/mol. The van der Waals surface area contributed by atoms with Crippen molar-refractivity contribution in [2.24, 2.45) is 5.92 Å². The van der Waals surface area contributed by atoms with Gasteiger partial charge in [-0.05, 0) is 62.8 Å². The number of piperidine rings is 1. The molecule has 2 atom stereocenters. The van der Waals surface area contributed by atoms with Gasteiger partial charge in [0.05, 0.1) is 10.6 Å². The number of rotatable bonds is 7. The summed E-state index contributed by atoms with van der Waals surface area (Å²) < 4.78 is 0. The topological polar surface area (TPSA) is 78.5 Å². The molecule has 0 aromatic heterocycles. The van der Waals surface area contributed by atoms with Crippen LogP contribution in [0.1, 0.15) is 59.4 Å².